The van der Waals surface area contributed by atoms with Crippen molar-refractivity contribution in [3.8, 4) is 0 Å². The van der Waals surface area contributed by atoms with Gasteiger partial charge in [-0.2, -0.15) is 4.31 Å². The molecule has 2 aliphatic rings. The van der Waals surface area contributed by atoms with Gasteiger partial charge in [-0.1, -0.05) is 26.3 Å². The summed E-state index contributed by atoms with van der Waals surface area (Å²) in [7, 11) is -0.569. The van der Waals surface area contributed by atoms with Crippen molar-refractivity contribution in [2.24, 2.45) is 0 Å². The number of aryl methyl sites for hydroxylation is 1. The molecule has 3 rings (SSSR count). The Morgan fingerprint density at radius 2 is 1.35 bits per heavy atom. The van der Waals surface area contributed by atoms with E-state index in [0.717, 1.165) is 5.69 Å². The third kappa shape index (κ3) is 3.44. The summed E-state index contributed by atoms with van der Waals surface area (Å²) in [6.45, 7) is 7.32. The molecule has 0 bridgehead atoms. The second-order valence-electron chi connectivity index (χ2n) is 5.88. The Hall–Kier alpha value is -0.990. The van der Waals surface area contributed by atoms with E-state index in [2.05, 4.69) is 27.7 Å². The zero-order chi connectivity index (χ0) is 16.3. The van der Waals surface area contributed by atoms with Gasteiger partial charge in [0, 0.05) is 0 Å². The lowest BCUT2D eigenvalue weighted by Gasteiger charge is -2.38. The van der Waals surface area contributed by atoms with E-state index < -0.39 is 10.5 Å². The number of hydrogen-bond donors (Lipinski definition) is 0. The average Bonchev–Trinajstić information content (AvgIpc) is 2.62. The second kappa shape index (κ2) is 7.27. The van der Waals surface area contributed by atoms with Crippen LogP contribution in [0.15, 0.2) is 24.3 Å². The molecule has 0 amide bonds. The molecule has 0 aromatic heterocycles. The van der Waals surface area contributed by atoms with E-state index >= 15 is 0 Å². The first kappa shape index (κ1) is 16.9. The summed E-state index contributed by atoms with van der Waals surface area (Å²) in [6.07, 6.45) is 0. The zero-order valence-corrected chi connectivity index (χ0v) is 14.8. The zero-order valence-electron chi connectivity index (χ0n) is 13.9. The fourth-order valence-electron chi connectivity index (χ4n) is 2.97. The van der Waals surface area contributed by atoms with Crippen molar-refractivity contribution in [2.45, 2.75) is 6.92 Å². The van der Waals surface area contributed by atoms with Gasteiger partial charge in [-0.25, -0.2) is 0 Å². The fraction of sp³-hybridized carbons (Fsp3) is 0.625. The molecule has 0 spiro atoms. The SMILES string of the molecule is Cc1ccc(N(C)[S+](=O)(N2CCOCC2)N2CCOCC2)cc1. The monoisotopic (exact) mass is 340 g/mol. The molecular formula is C16H26N3O3S+. The number of hydrogen-bond acceptors (Lipinski definition) is 3. The third-order valence-corrected chi connectivity index (χ3v) is 7.37. The predicted molar refractivity (Wildman–Crippen MR) is 92.4 cm³/mol. The van der Waals surface area contributed by atoms with E-state index in [1.54, 1.807) is 0 Å². The van der Waals surface area contributed by atoms with Crippen molar-refractivity contribution < 1.29 is 13.7 Å². The van der Waals surface area contributed by atoms with Crippen LogP contribution >= 0.6 is 0 Å². The van der Waals surface area contributed by atoms with Crippen LogP contribution in [-0.2, 0) is 24.2 Å². The summed E-state index contributed by atoms with van der Waals surface area (Å²) < 4.78 is 31.1. The third-order valence-electron chi connectivity index (χ3n) is 4.37. The molecule has 1 aromatic carbocycles. The molecule has 2 heterocycles. The van der Waals surface area contributed by atoms with Gasteiger partial charge in [0.1, 0.15) is 0 Å². The summed E-state index contributed by atoms with van der Waals surface area (Å²) in [5, 5.41) is 0. The Morgan fingerprint density at radius 3 is 1.78 bits per heavy atom. The minimum absolute atomic E-state index is 0.628. The highest BCUT2D eigenvalue weighted by Gasteiger charge is 2.50. The van der Waals surface area contributed by atoms with E-state index in [1.165, 1.54) is 5.56 Å². The van der Waals surface area contributed by atoms with Crippen molar-refractivity contribution in [1.29, 1.82) is 0 Å². The van der Waals surface area contributed by atoms with E-state index in [-0.39, 0.29) is 0 Å². The molecule has 1 aromatic rings. The molecule has 0 atom stereocenters. The Bertz CT molecular complexity index is 532. The van der Waals surface area contributed by atoms with Crippen LogP contribution < -0.4 is 4.31 Å². The lowest BCUT2D eigenvalue weighted by atomic mass is 10.2. The highest BCUT2D eigenvalue weighted by Crippen LogP contribution is 2.29. The van der Waals surface area contributed by atoms with Crippen LogP contribution in [0.3, 0.4) is 0 Å². The van der Waals surface area contributed by atoms with Gasteiger partial charge in [-0.3, -0.25) is 0 Å². The van der Waals surface area contributed by atoms with Gasteiger partial charge in [-0.05, 0) is 23.3 Å². The largest absolute Gasteiger partial charge is 0.378 e. The lowest BCUT2D eigenvalue weighted by molar-refractivity contribution is 0.0558. The van der Waals surface area contributed by atoms with Crippen LogP contribution in [0, 0.1) is 6.92 Å². The normalized spacial score (nSPS) is 21.3. The first-order valence-electron chi connectivity index (χ1n) is 8.13. The van der Waals surface area contributed by atoms with Crippen LogP contribution in [0.4, 0.5) is 5.69 Å². The van der Waals surface area contributed by atoms with Crippen molar-refractivity contribution >= 4 is 16.2 Å². The molecule has 2 saturated heterocycles. The standard InChI is InChI=1S/C16H26N3O3S/c1-15-3-5-16(6-4-15)17(2)23(20,18-7-11-21-12-8-18)19-9-13-22-14-10-19/h3-6H,7-14H2,1-2H3/q+1. The average molecular weight is 340 g/mol. The molecule has 6 nitrogen and oxygen atoms in total. The quantitative estimate of drug-likeness (QED) is 0.777. The minimum atomic E-state index is -2.50. The topological polar surface area (TPSA) is 45.2 Å². The van der Waals surface area contributed by atoms with E-state index in [4.69, 9.17) is 9.47 Å². The van der Waals surface area contributed by atoms with Crippen molar-refractivity contribution in [3.63, 3.8) is 0 Å². The van der Waals surface area contributed by atoms with Crippen molar-refractivity contribution in [2.75, 3.05) is 64.0 Å². The molecule has 23 heavy (non-hydrogen) atoms. The maximum atomic E-state index is 14.1. The predicted octanol–water partition coefficient (Wildman–Crippen LogP) is 1.34. The molecule has 0 unspecified atom stereocenters. The molecular weight excluding hydrogens is 314 g/mol. The van der Waals surface area contributed by atoms with Crippen LogP contribution in [0.25, 0.3) is 0 Å². The molecule has 0 N–H and O–H groups in total. The van der Waals surface area contributed by atoms with Gasteiger partial charge in [0.05, 0.1) is 65.3 Å². The summed E-state index contributed by atoms with van der Waals surface area (Å²) >= 11 is 0. The maximum absolute atomic E-state index is 14.1. The van der Waals surface area contributed by atoms with E-state index in [1.807, 2.05) is 23.5 Å². The van der Waals surface area contributed by atoms with Crippen LogP contribution in [-0.4, -0.2) is 68.3 Å². The Balaban J connectivity index is 1.92. The number of nitrogens with zero attached hydrogens (tertiary/aromatic N) is 3. The summed E-state index contributed by atoms with van der Waals surface area (Å²) in [5.74, 6) is 0. The molecule has 0 aliphatic carbocycles. The molecule has 0 saturated carbocycles. The number of anilines is 1. The Morgan fingerprint density at radius 1 is 0.913 bits per heavy atom. The maximum Gasteiger partial charge on any atom is 0.336 e. The number of ether oxygens (including phenoxy) is 2. The molecule has 128 valence electrons. The highest BCUT2D eigenvalue weighted by atomic mass is 32.3. The molecule has 2 fully saturated rings. The fourth-order valence-corrected chi connectivity index (χ4v) is 5.64. The first-order chi connectivity index (χ1) is 11.1. The van der Waals surface area contributed by atoms with Gasteiger partial charge < -0.3 is 9.47 Å². The first-order valence-corrected chi connectivity index (χ1v) is 9.55. The molecule has 7 heteroatoms. The van der Waals surface area contributed by atoms with E-state index in [0.29, 0.717) is 52.6 Å². The van der Waals surface area contributed by atoms with Crippen LogP contribution in [0.2, 0.25) is 0 Å². The number of morpholine rings is 2. The van der Waals surface area contributed by atoms with Gasteiger partial charge in [0.2, 0.25) is 0 Å². The van der Waals surface area contributed by atoms with Crippen LogP contribution in [0.1, 0.15) is 5.56 Å². The summed E-state index contributed by atoms with van der Waals surface area (Å²) in [4.78, 5) is 0. The summed E-state index contributed by atoms with van der Waals surface area (Å²) in [6, 6.07) is 8.19. The van der Waals surface area contributed by atoms with Crippen LogP contribution in [0.5, 0.6) is 0 Å². The smallest absolute Gasteiger partial charge is 0.336 e. The molecule has 0 radical (unpaired) electrons. The van der Waals surface area contributed by atoms with Gasteiger partial charge in [0.25, 0.3) is 0 Å². The molecule has 2 aliphatic heterocycles. The van der Waals surface area contributed by atoms with Gasteiger partial charge >= 0.3 is 10.5 Å². The minimum Gasteiger partial charge on any atom is -0.378 e. The highest BCUT2D eigenvalue weighted by molar-refractivity contribution is 7.99. The number of rotatable bonds is 4. The Labute approximate surface area is 139 Å². The lowest BCUT2D eigenvalue weighted by Crippen LogP contribution is -2.62. The Kier molecular flexibility index (Phi) is 5.33. The van der Waals surface area contributed by atoms with E-state index in [9.17, 15) is 4.21 Å². The van der Waals surface area contributed by atoms with Crippen molar-refractivity contribution in [3.05, 3.63) is 29.8 Å². The van der Waals surface area contributed by atoms with Gasteiger partial charge in [-0.15, -0.1) is 0 Å². The second-order valence-corrected chi connectivity index (χ2v) is 8.40. The number of benzene rings is 1. The van der Waals surface area contributed by atoms with Crippen molar-refractivity contribution in [1.82, 2.24) is 8.61 Å². The summed E-state index contributed by atoms with van der Waals surface area (Å²) in [5.41, 5.74) is 2.17. The van der Waals surface area contributed by atoms with Gasteiger partial charge in [0.15, 0.2) is 0 Å².